The largest absolute Gasteiger partial charge is 0.375 e. The Labute approximate surface area is 114 Å². The van der Waals surface area contributed by atoms with Crippen LogP contribution >= 0.6 is 11.3 Å². The van der Waals surface area contributed by atoms with Gasteiger partial charge in [0, 0.05) is 12.1 Å². The Kier molecular flexibility index (Phi) is 3.61. The number of nitrogens with zero attached hydrogens (tertiary/aromatic N) is 2. The molecule has 0 radical (unpaired) electrons. The summed E-state index contributed by atoms with van der Waals surface area (Å²) in [6, 6.07) is 0. The molecule has 0 saturated heterocycles. The number of anilines is 1. The first kappa shape index (κ1) is 14.0. The van der Waals surface area contributed by atoms with Crippen LogP contribution in [-0.4, -0.2) is 18.6 Å². The highest BCUT2D eigenvalue weighted by atomic mass is 32.2. The quantitative estimate of drug-likeness (QED) is 0.875. The molecule has 2 rings (SSSR count). The van der Waals surface area contributed by atoms with E-state index in [9.17, 15) is 8.42 Å². The molecule has 0 atom stereocenters. The topological polar surface area (TPSA) is 111 Å². The number of hydrogen-bond acceptors (Lipinski definition) is 7. The third-order valence-corrected chi connectivity index (χ3v) is 5.63. The van der Waals surface area contributed by atoms with Crippen molar-refractivity contribution in [2.75, 3.05) is 5.73 Å². The number of rotatable bonds is 4. The average Bonchev–Trinajstić information content (AvgIpc) is 2.81. The molecule has 2 aromatic heterocycles. The number of thiazole rings is 1. The van der Waals surface area contributed by atoms with E-state index in [2.05, 4.69) is 14.9 Å². The summed E-state index contributed by atoms with van der Waals surface area (Å²) in [7, 11) is -3.62. The standard InChI is InChI=1S/C10H14N4O3S2/c1-5-8(7(3)17-14-5)4-12-19(15,16)9-6(2)13-10(11)18-9/h12H,4H2,1-3H3,(H2,11,13). The van der Waals surface area contributed by atoms with E-state index < -0.39 is 10.0 Å². The maximum Gasteiger partial charge on any atom is 0.252 e. The molecule has 19 heavy (non-hydrogen) atoms. The first-order chi connectivity index (χ1) is 8.81. The molecule has 0 aliphatic carbocycles. The fourth-order valence-corrected chi connectivity index (χ4v) is 3.98. The van der Waals surface area contributed by atoms with Crippen molar-refractivity contribution in [2.45, 2.75) is 31.5 Å². The zero-order valence-electron chi connectivity index (χ0n) is 10.7. The van der Waals surface area contributed by atoms with Gasteiger partial charge in [-0.05, 0) is 20.8 Å². The lowest BCUT2D eigenvalue weighted by Crippen LogP contribution is -2.23. The van der Waals surface area contributed by atoms with Crippen molar-refractivity contribution in [3.05, 3.63) is 22.7 Å². The summed E-state index contributed by atoms with van der Waals surface area (Å²) in [5.74, 6) is 0.598. The lowest BCUT2D eigenvalue weighted by atomic mass is 10.2. The highest BCUT2D eigenvalue weighted by Crippen LogP contribution is 2.25. The van der Waals surface area contributed by atoms with Crippen LogP contribution in [0.25, 0.3) is 0 Å². The number of aryl methyl sites for hydroxylation is 3. The molecular weight excluding hydrogens is 288 g/mol. The van der Waals surface area contributed by atoms with Gasteiger partial charge in [0.2, 0.25) is 0 Å². The first-order valence-corrected chi connectivity index (χ1v) is 7.75. The minimum absolute atomic E-state index is 0.126. The molecular formula is C10H14N4O3S2. The molecule has 2 heterocycles. The van der Waals surface area contributed by atoms with E-state index in [0.717, 1.165) is 16.9 Å². The fourth-order valence-electron chi connectivity index (χ4n) is 1.64. The van der Waals surface area contributed by atoms with Crippen molar-refractivity contribution in [3.63, 3.8) is 0 Å². The predicted molar refractivity (Wildman–Crippen MR) is 71.3 cm³/mol. The number of nitrogens with one attached hydrogen (secondary N) is 1. The summed E-state index contributed by atoms with van der Waals surface area (Å²) >= 11 is 0.944. The summed E-state index contributed by atoms with van der Waals surface area (Å²) in [6.07, 6.45) is 0. The van der Waals surface area contributed by atoms with Crippen LogP contribution in [0.4, 0.5) is 5.13 Å². The van der Waals surface area contributed by atoms with E-state index in [1.807, 2.05) is 0 Å². The summed E-state index contributed by atoms with van der Waals surface area (Å²) < 4.78 is 31.9. The number of hydrogen-bond donors (Lipinski definition) is 2. The Morgan fingerprint density at radius 1 is 1.32 bits per heavy atom. The van der Waals surface area contributed by atoms with Crippen LogP contribution in [-0.2, 0) is 16.6 Å². The second-order valence-corrected chi connectivity index (χ2v) is 7.05. The predicted octanol–water partition coefficient (Wildman–Crippen LogP) is 1.12. The Morgan fingerprint density at radius 3 is 2.47 bits per heavy atom. The van der Waals surface area contributed by atoms with Crippen molar-refractivity contribution < 1.29 is 12.9 Å². The molecule has 0 aliphatic rings. The maximum atomic E-state index is 12.1. The van der Waals surface area contributed by atoms with E-state index >= 15 is 0 Å². The molecule has 104 valence electrons. The second-order valence-electron chi connectivity index (χ2n) is 4.05. The lowest BCUT2D eigenvalue weighted by Gasteiger charge is -2.04. The molecule has 0 aromatic carbocycles. The van der Waals surface area contributed by atoms with Crippen LogP contribution in [0.2, 0.25) is 0 Å². The maximum absolute atomic E-state index is 12.1. The third-order valence-electron chi connectivity index (χ3n) is 2.63. The van der Waals surface area contributed by atoms with E-state index in [4.69, 9.17) is 10.3 Å². The molecule has 9 heteroatoms. The molecule has 0 unspecified atom stereocenters. The van der Waals surface area contributed by atoms with E-state index in [1.54, 1.807) is 20.8 Å². The zero-order valence-corrected chi connectivity index (χ0v) is 12.4. The summed E-state index contributed by atoms with van der Waals surface area (Å²) in [4.78, 5) is 3.90. The Hall–Kier alpha value is -1.45. The van der Waals surface area contributed by atoms with Gasteiger partial charge in [0.15, 0.2) is 9.34 Å². The van der Waals surface area contributed by atoms with Crippen LogP contribution in [0.1, 0.15) is 22.7 Å². The van der Waals surface area contributed by atoms with Gasteiger partial charge >= 0.3 is 0 Å². The van der Waals surface area contributed by atoms with Gasteiger partial charge in [0.05, 0.1) is 11.4 Å². The van der Waals surface area contributed by atoms with Gasteiger partial charge in [0.25, 0.3) is 10.0 Å². The van der Waals surface area contributed by atoms with E-state index in [0.29, 0.717) is 17.1 Å². The number of sulfonamides is 1. The highest BCUT2D eigenvalue weighted by molar-refractivity contribution is 7.91. The van der Waals surface area contributed by atoms with Gasteiger partial charge in [-0.1, -0.05) is 16.5 Å². The van der Waals surface area contributed by atoms with Crippen LogP contribution in [0.3, 0.4) is 0 Å². The molecule has 0 spiro atoms. The van der Waals surface area contributed by atoms with Crippen molar-refractivity contribution >= 4 is 26.5 Å². The lowest BCUT2D eigenvalue weighted by molar-refractivity contribution is 0.392. The first-order valence-electron chi connectivity index (χ1n) is 5.45. The molecule has 7 nitrogen and oxygen atoms in total. The summed E-state index contributed by atoms with van der Waals surface area (Å²) in [6.45, 7) is 5.23. The van der Waals surface area contributed by atoms with Crippen molar-refractivity contribution in [1.82, 2.24) is 14.9 Å². The molecule has 0 aliphatic heterocycles. The summed E-state index contributed by atoms with van der Waals surface area (Å²) in [5, 5.41) is 4.00. The smallest absolute Gasteiger partial charge is 0.252 e. The van der Waals surface area contributed by atoms with Crippen LogP contribution in [0.5, 0.6) is 0 Å². The minimum atomic E-state index is -3.62. The van der Waals surface area contributed by atoms with Crippen molar-refractivity contribution in [1.29, 1.82) is 0 Å². The number of aromatic nitrogens is 2. The molecule has 0 bridgehead atoms. The Morgan fingerprint density at radius 2 is 2.00 bits per heavy atom. The molecule has 3 N–H and O–H groups in total. The monoisotopic (exact) mass is 302 g/mol. The highest BCUT2D eigenvalue weighted by Gasteiger charge is 2.22. The SMILES string of the molecule is Cc1nc(N)sc1S(=O)(=O)NCc1c(C)noc1C. The number of nitrogens with two attached hydrogens (primary N) is 1. The normalized spacial score (nSPS) is 11.9. The van der Waals surface area contributed by atoms with Crippen molar-refractivity contribution in [3.8, 4) is 0 Å². The summed E-state index contributed by atoms with van der Waals surface area (Å²) in [5.41, 5.74) is 7.30. The Balaban J connectivity index is 2.21. The fraction of sp³-hybridized carbons (Fsp3) is 0.400. The number of nitrogen functional groups attached to an aromatic ring is 1. The average molecular weight is 302 g/mol. The second kappa shape index (κ2) is 4.91. The molecule has 0 fully saturated rings. The zero-order chi connectivity index (χ0) is 14.2. The third kappa shape index (κ3) is 2.77. The van der Waals surface area contributed by atoms with Crippen molar-refractivity contribution in [2.24, 2.45) is 0 Å². The molecule has 0 amide bonds. The van der Waals surface area contributed by atoms with Crippen LogP contribution in [0.15, 0.2) is 8.73 Å². The molecule has 2 aromatic rings. The van der Waals surface area contributed by atoms with Crippen LogP contribution < -0.4 is 10.5 Å². The van der Waals surface area contributed by atoms with E-state index in [-0.39, 0.29) is 15.9 Å². The van der Waals surface area contributed by atoms with Gasteiger partial charge in [-0.25, -0.2) is 18.1 Å². The van der Waals surface area contributed by atoms with Crippen LogP contribution in [0, 0.1) is 20.8 Å². The Bertz CT molecular complexity index is 683. The van der Waals surface area contributed by atoms with Gasteiger partial charge in [-0.2, -0.15) is 0 Å². The van der Waals surface area contributed by atoms with Gasteiger partial charge in [0.1, 0.15) is 5.76 Å². The molecule has 0 saturated carbocycles. The van der Waals surface area contributed by atoms with E-state index in [1.165, 1.54) is 0 Å². The minimum Gasteiger partial charge on any atom is -0.375 e. The van der Waals surface area contributed by atoms with Gasteiger partial charge in [-0.15, -0.1) is 0 Å². The van der Waals surface area contributed by atoms with Gasteiger partial charge < -0.3 is 10.3 Å². The van der Waals surface area contributed by atoms with Gasteiger partial charge in [-0.3, -0.25) is 0 Å².